The molecule has 0 aromatic rings. The molecule has 6 nitrogen and oxygen atoms in total. The quantitative estimate of drug-likeness (QED) is 0.724. The minimum atomic E-state index is -3.01. The minimum Gasteiger partial charge on any atom is -0.340 e. The average Bonchev–Trinajstić information content (AvgIpc) is 2.64. The third-order valence-electron chi connectivity index (χ3n) is 3.48. The van der Waals surface area contributed by atoms with Gasteiger partial charge in [0.25, 0.3) is 0 Å². The fourth-order valence-corrected chi connectivity index (χ4v) is 3.97. The summed E-state index contributed by atoms with van der Waals surface area (Å²) in [6.45, 7) is 5.11. The molecule has 0 N–H and O–H groups in total. The number of nitrogens with zero attached hydrogens (tertiary/aromatic N) is 2. The molecule has 0 radical (unpaired) electrons. The fraction of sp³-hybridized carbons (Fsp3) is 0.833. The van der Waals surface area contributed by atoms with Crippen LogP contribution in [-0.2, 0) is 19.4 Å². The highest BCUT2D eigenvalue weighted by Gasteiger charge is 2.33. The molecule has 0 saturated carbocycles. The first-order chi connectivity index (χ1) is 8.64. The van der Waals surface area contributed by atoms with Crippen molar-refractivity contribution in [2.75, 3.05) is 25.1 Å². The molecule has 2 amide bonds. The van der Waals surface area contributed by atoms with Crippen LogP contribution in [-0.4, -0.2) is 67.2 Å². The Balaban J connectivity index is 2.65. The second kappa shape index (κ2) is 5.90. The lowest BCUT2D eigenvalue weighted by Crippen LogP contribution is -2.47. The molecule has 110 valence electrons. The smallest absolute Gasteiger partial charge is 0.242 e. The van der Waals surface area contributed by atoms with Gasteiger partial charge in [-0.3, -0.25) is 9.59 Å². The normalized spacial score (nSPS) is 21.4. The summed E-state index contributed by atoms with van der Waals surface area (Å²) in [5.74, 6) is -0.214. The predicted octanol–water partition coefficient (Wildman–Crippen LogP) is -0.111. The molecule has 1 fully saturated rings. The number of hydrogen-bond acceptors (Lipinski definition) is 4. The third kappa shape index (κ3) is 4.19. The van der Waals surface area contributed by atoms with Crippen molar-refractivity contribution in [2.45, 2.75) is 39.3 Å². The van der Waals surface area contributed by atoms with Crippen molar-refractivity contribution in [3.8, 4) is 0 Å². The maximum atomic E-state index is 12.1. The van der Waals surface area contributed by atoms with Crippen molar-refractivity contribution in [1.82, 2.24) is 9.80 Å². The van der Waals surface area contributed by atoms with Crippen LogP contribution in [0.1, 0.15) is 27.2 Å². The summed E-state index contributed by atoms with van der Waals surface area (Å²) in [4.78, 5) is 26.5. The van der Waals surface area contributed by atoms with Crippen LogP contribution in [0.25, 0.3) is 0 Å². The maximum Gasteiger partial charge on any atom is 0.242 e. The van der Waals surface area contributed by atoms with E-state index in [1.807, 2.05) is 13.8 Å². The first-order valence-corrected chi connectivity index (χ1v) is 8.19. The molecule has 1 saturated heterocycles. The number of carbonyl (C=O) groups is 2. The van der Waals surface area contributed by atoms with Crippen LogP contribution < -0.4 is 0 Å². The lowest BCUT2D eigenvalue weighted by Gasteiger charge is -2.29. The van der Waals surface area contributed by atoms with E-state index in [1.165, 1.54) is 16.7 Å². The Labute approximate surface area is 114 Å². The zero-order valence-electron chi connectivity index (χ0n) is 11.9. The van der Waals surface area contributed by atoms with Gasteiger partial charge in [-0.05, 0) is 20.3 Å². The molecule has 1 aliphatic heterocycles. The van der Waals surface area contributed by atoms with E-state index >= 15 is 0 Å². The highest BCUT2D eigenvalue weighted by molar-refractivity contribution is 7.91. The van der Waals surface area contributed by atoms with Crippen LogP contribution in [0.15, 0.2) is 0 Å². The van der Waals surface area contributed by atoms with Crippen molar-refractivity contribution in [3.63, 3.8) is 0 Å². The van der Waals surface area contributed by atoms with Gasteiger partial charge >= 0.3 is 0 Å². The Hall–Kier alpha value is -1.11. The summed E-state index contributed by atoms with van der Waals surface area (Å²) < 4.78 is 22.8. The zero-order chi connectivity index (χ0) is 14.8. The molecule has 0 aromatic heterocycles. The van der Waals surface area contributed by atoms with Gasteiger partial charge in [-0.2, -0.15) is 0 Å². The topological polar surface area (TPSA) is 74.8 Å². The van der Waals surface area contributed by atoms with Gasteiger partial charge in [0, 0.05) is 26.1 Å². The summed E-state index contributed by atoms with van der Waals surface area (Å²) in [5.41, 5.74) is 0. The first kappa shape index (κ1) is 15.9. The fourth-order valence-electron chi connectivity index (χ4n) is 2.20. The van der Waals surface area contributed by atoms with Gasteiger partial charge in [0.1, 0.15) is 0 Å². The van der Waals surface area contributed by atoms with Crippen molar-refractivity contribution in [1.29, 1.82) is 0 Å². The molecule has 1 unspecified atom stereocenters. The molecule has 1 heterocycles. The Kier molecular flexibility index (Phi) is 4.95. The molecule has 0 aliphatic carbocycles. The van der Waals surface area contributed by atoms with E-state index in [-0.39, 0.29) is 41.9 Å². The number of likely N-dealkylation sites (N-methyl/N-ethyl adjacent to an activating group) is 1. The molecule has 0 spiro atoms. The molecular formula is C12H22N2O4S. The molecular weight excluding hydrogens is 268 g/mol. The standard InChI is InChI=1S/C12H22N2O4S/c1-9(2)14(10(3)15)7-12(16)13(4)11-5-6-19(17,18)8-11/h9,11H,5-8H2,1-4H3. The van der Waals surface area contributed by atoms with Crippen LogP contribution in [0, 0.1) is 0 Å². The number of amides is 2. The lowest BCUT2D eigenvalue weighted by atomic mass is 10.2. The second-order valence-corrected chi connectivity index (χ2v) is 7.53. The van der Waals surface area contributed by atoms with E-state index in [1.54, 1.807) is 7.05 Å². The van der Waals surface area contributed by atoms with Crippen molar-refractivity contribution < 1.29 is 18.0 Å². The molecule has 1 aliphatic rings. The zero-order valence-corrected chi connectivity index (χ0v) is 12.7. The average molecular weight is 290 g/mol. The number of rotatable bonds is 4. The van der Waals surface area contributed by atoms with Gasteiger partial charge in [-0.25, -0.2) is 8.42 Å². The van der Waals surface area contributed by atoms with Crippen LogP contribution in [0.5, 0.6) is 0 Å². The monoisotopic (exact) mass is 290 g/mol. The van der Waals surface area contributed by atoms with E-state index in [2.05, 4.69) is 0 Å². The third-order valence-corrected chi connectivity index (χ3v) is 5.23. The van der Waals surface area contributed by atoms with E-state index < -0.39 is 9.84 Å². The van der Waals surface area contributed by atoms with Gasteiger partial charge in [-0.1, -0.05) is 0 Å². The highest BCUT2D eigenvalue weighted by atomic mass is 32.2. The SMILES string of the molecule is CC(=O)N(CC(=O)N(C)C1CCS(=O)(=O)C1)C(C)C. The summed E-state index contributed by atoms with van der Waals surface area (Å²) in [5, 5.41) is 0. The van der Waals surface area contributed by atoms with Crippen LogP contribution in [0.4, 0.5) is 0 Å². The second-order valence-electron chi connectivity index (χ2n) is 5.30. The Morgan fingerprint density at radius 1 is 1.32 bits per heavy atom. The van der Waals surface area contributed by atoms with E-state index in [9.17, 15) is 18.0 Å². The Morgan fingerprint density at radius 3 is 2.26 bits per heavy atom. The number of hydrogen-bond donors (Lipinski definition) is 0. The lowest BCUT2D eigenvalue weighted by molar-refractivity contribution is -0.141. The van der Waals surface area contributed by atoms with Gasteiger partial charge in [0.15, 0.2) is 9.84 Å². The van der Waals surface area contributed by atoms with Gasteiger partial charge < -0.3 is 9.80 Å². The van der Waals surface area contributed by atoms with E-state index in [0.29, 0.717) is 6.42 Å². The van der Waals surface area contributed by atoms with Crippen molar-refractivity contribution in [3.05, 3.63) is 0 Å². The molecule has 1 atom stereocenters. The van der Waals surface area contributed by atoms with Gasteiger partial charge in [0.2, 0.25) is 11.8 Å². The Bertz CT molecular complexity index is 458. The first-order valence-electron chi connectivity index (χ1n) is 6.37. The van der Waals surface area contributed by atoms with Gasteiger partial charge in [0.05, 0.1) is 18.1 Å². The molecule has 0 aromatic carbocycles. The summed E-state index contributed by atoms with van der Waals surface area (Å²) >= 11 is 0. The summed E-state index contributed by atoms with van der Waals surface area (Å²) in [7, 11) is -1.41. The van der Waals surface area contributed by atoms with Gasteiger partial charge in [-0.15, -0.1) is 0 Å². The summed E-state index contributed by atoms with van der Waals surface area (Å²) in [6, 6.07) is -0.319. The number of sulfone groups is 1. The minimum absolute atomic E-state index is 0.0000472. The Morgan fingerprint density at radius 2 is 1.89 bits per heavy atom. The van der Waals surface area contributed by atoms with E-state index in [4.69, 9.17) is 0 Å². The van der Waals surface area contributed by atoms with Crippen LogP contribution in [0.3, 0.4) is 0 Å². The number of carbonyl (C=O) groups excluding carboxylic acids is 2. The summed E-state index contributed by atoms with van der Waals surface area (Å²) in [6.07, 6.45) is 0.478. The van der Waals surface area contributed by atoms with Crippen molar-refractivity contribution >= 4 is 21.7 Å². The van der Waals surface area contributed by atoms with Crippen LogP contribution in [0.2, 0.25) is 0 Å². The highest BCUT2D eigenvalue weighted by Crippen LogP contribution is 2.17. The molecule has 0 bridgehead atoms. The molecule has 1 rings (SSSR count). The van der Waals surface area contributed by atoms with Crippen LogP contribution >= 0.6 is 0 Å². The largest absolute Gasteiger partial charge is 0.340 e. The maximum absolute atomic E-state index is 12.1. The molecule has 19 heavy (non-hydrogen) atoms. The molecule has 7 heteroatoms. The van der Waals surface area contributed by atoms with E-state index in [0.717, 1.165) is 0 Å². The van der Waals surface area contributed by atoms with Crippen molar-refractivity contribution in [2.24, 2.45) is 0 Å². The predicted molar refractivity (Wildman–Crippen MR) is 72.4 cm³/mol.